The number of hydrogen-bond donors (Lipinski definition) is 7. The summed E-state index contributed by atoms with van der Waals surface area (Å²) in [5.74, 6) is 0. The first-order valence-electron chi connectivity index (χ1n) is 1.03. The second-order valence-electron chi connectivity index (χ2n) is 0.434. The fourth-order valence-electron chi connectivity index (χ4n) is 0. The van der Waals surface area contributed by atoms with Crippen molar-refractivity contribution in [2.75, 3.05) is 0 Å². The predicted octanol–water partition coefficient (Wildman–Crippen LogP) is -0.301. The van der Waals surface area contributed by atoms with Gasteiger partial charge in [-0.1, -0.05) is 0 Å². The Kier molecular flexibility index (Phi) is 225. The van der Waals surface area contributed by atoms with Crippen molar-refractivity contribution >= 4 is 22.7 Å². The third kappa shape index (κ3) is 8180. The van der Waals surface area contributed by atoms with Gasteiger partial charge in [-0.2, -0.15) is 0 Å². The van der Waals surface area contributed by atoms with Gasteiger partial charge in [0.15, 0.2) is 0 Å². The summed E-state index contributed by atoms with van der Waals surface area (Å²) in [5, 5.41) is 0. The Balaban J connectivity index is -0.00000000600. The molecular formula is H18CoN5O6S2+2. The van der Waals surface area contributed by atoms with Crippen LogP contribution >= 0.6 is 0 Å². The zero-order chi connectivity index (χ0) is 7.15. The molecule has 0 saturated heterocycles. The molecule has 98 valence electrons. The normalized spacial score (nSPS) is 8.86. The summed E-state index contributed by atoms with van der Waals surface area (Å²) in [7, 11) is 0. The van der Waals surface area contributed by atoms with Crippen molar-refractivity contribution in [2.45, 2.75) is 0 Å². The zero-order valence-corrected chi connectivity index (χ0v) is 10.2. The smallest absolute Gasteiger partial charge is 0.750 e. The van der Waals surface area contributed by atoms with Crippen molar-refractivity contribution in [1.82, 2.24) is 30.8 Å². The van der Waals surface area contributed by atoms with Gasteiger partial charge in [-0.3, -0.25) is 0 Å². The Morgan fingerprint density at radius 2 is 0.786 bits per heavy atom. The zero-order valence-electron chi connectivity index (χ0n) is 7.51. The van der Waals surface area contributed by atoms with Crippen molar-refractivity contribution in [2.24, 2.45) is 0 Å². The van der Waals surface area contributed by atoms with E-state index in [1.807, 2.05) is 0 Å². The Morgan fingerprint density at radius 3 is 0.786 bits per heavy atom. The molecule has 18 N–H and O–H groups in total. The molecule has 0 aromatic heterocycles. The van der Waals surface area contributed by atoms with Crippen molar-refractivity contribution in [1.29, 1.82) is 0 Å². The number of rotatable bonds is 0. The maximum absolute atomic E-state index is 8.56. The van der Waals surface area contributed by atoms with Gasteiger partial charge in [-0.25, -0.2) is 8.42 Å². The molecule has 14 heteroatoms. The predicted molar refractivity (Wildman–Crippen MR) is 49.2 cm³/mol. The minimum Gasteiger partial charge on any atom is -0.750 e. The average molecular weight is 307 g/mol. The first kappa shape index (κ1) is 62.9. The molecule has 14 heavy (non-hydrogen) atoms. The van der Waals surface area contributed by atoms with Crippen molar-refractivity contribution in [3.05, 3.63) is 0 Å². The molecular weight excluding hydrogens is 289 g/mol. The molecule has 0 rings (SSSR count). The van der Waals surface area contributed by atoms with Gasteiger partial charge in [0.1, 0.15) is 0 Å². The molecule has 0 saturated carbocycles. The van der Waals surface area contributed by atoms with Crippen LogP contribution in [-0.2, 0) is 39.5 Å². The van der Waals surface area contributed by atoms with E-state index in [1.165, 1.54) is 0 Å². The van der Waals surface area contributed by atoms with E-state index in [1.54, 1.807) is 0 Å². The molecule has 0 bridgehead atoms. The number of quaternary nitrogens is 1. The van der Waals surface area contributed by atoms with Gasteiger partial charge in [-0.15, -0.1) is 0 Å². The molecule has 2 atom stereocenters. The molecule has 0 spiro atoms. The van der Waals surface area contributed by atoms with Crippen molar-refractivity contribution < 1.29 is 43.4 Å². The molecule has 2 unspecified atom stereocenters. The molecule has 0 aliphatic carbocycles. The second kappa shape index (κ2) is 50.1. The standard InChI is InChI=1S/Co.5H3N.2H2O3S/c;;;;;;2*1-4(2)3/h;5*1H3;2*(H2,1,2,3)/q+3;;;;;;;/p-1. The molecule has 11 nitrogen and oxygen atoms in total. The summed E-state index contributed by atoms with van der Waals surface area (Å²) in [5.41, 5.74) is 0. The summed E-state index contributed by atoms with van der Waals surface area (Å²) in [6.07, 6.45) is 0. The third-order valence-corrected chi connectivity index (χ3v) is 0. The summed E-state index contributed by atoms with van der Waals surface area (Å²) in [4.78, 5) is 0. The molecule has 0 aliphatic rings. The van der Waals surface area contributed by atoms with Crippen LogP contribution in [0.15, 0.2) is 0 Å². The van der Waals surface area contributed by atoms with E-state index < -0.39 is 22.7 Å². The largest absolute Gasteiger partial charge is 3.00 e. The Labute approximate surface area is 97.1 Å². The van der Waals surface area contributed by atoms with Gasteiger partial charge in [0, 0.05) is 0 Å². The van der Waals surface area contributed by atoms with E-state index in [0.717, 1.165) is 0 Å². The second-order valence-corrected chi connectivity index (χ2v) is 1.30. The van der Waals surface area contributed by atoms with Crippen LogP contribution in [0, 0.1) is 0 Å². The minimum atomic E-state index is -2.86. The molecule has 0 amide bonds. The van der Waals surface area contributed by atoms with Gasteiger partial charge >= 0.3 is 16.8 Å². The van der Waals surface area contributed by atoms with E-state index in [2.05, 4.69) is 0 Å². The van der Waals surface area contributed by atoms with Crippen LogP contribution in [0.4, 0.5) is 0 Å². The topological polar surface area (TPSA) is 297 Å². The van der Waals surface area contributed by atoms with Gasteiger partial charge in [-0.05, 0) is 0 Å². The van der Waals surface area contributed by atoms with Gasteiger partial charge < -0.3 is 49.0 Å². The summed E-state index contributed by atoms with van der Waals surface area (Å²) in [6, 6.07) is 0. The Hall–Kier alpha value is 0.446. The summed E-state index contributed by atoms with van der Waals surface area (Å²) >= 11 is -5.72. The van der Waals surface area contributed by atoms with Crippen LogP contribution in [0.5, 0.6) is 0 Å². The SMILES string of the molecule is N.N.N.N.O=S([O-])O.O=S([O-])O.[Co+3].[NH4+]. The van der Waals surface area contributed by atoms with Crippen LogP contribution in [0.25, 0.3) is 0 Å². The quantitative estimate of drug-likeness (QED) is 0.286. The summed E-state index contributed by atoms with van der Waals surface area (Å²) in [6.45, 7) is 0. The van der Waals surface area contributed by atoms with Crippen LogP contribution in [0.1, 0.15) is 0 Å². The van der Waals surface area contributed by atoms with Gasteiger partial charge in [0.25, 0.3) is 0 Å². The van der Waals surface area contributed by atoms with E-state index in [-0.39, 0.29) is 47.5 Å². The molecule has 0 radical (unpaired) electrons. The average Bonchev–Trinajstić information content (AvgIpc) is 1.25. The first-order valence-corrected chi connectivity index (χ1v) is 3.10. The fraction of sp³-hybridized carbons (Fsp3) is 0. The fourth-order valence-corrected chi connectivity index (χ4v) is 0. The van der Waals surface area contributed by atoms with E-state index in [4.69, 9.17) is 26.6 Å². The molecule has 0 aliphatic heterocycles. The Bertz CT molecular complexity index is 82.2. The van der Waals surface area contributed by atoms with Crippen molar-refractivity contribution in [3.8, 4) is 0 Å². The number of hydrogen-bond acceptors (Lipinski definition) is 8. The van der Waals surface area contributed by atoms with E-state index in [9.17, 15) is 0 Å². The third-order valence-electron chi connectivity index (χ3n) is 0. The van der Waals surface area contributed by atoms with E-state index in [0.29, 0.717) is 0 Å². The van der Waals surface area contributed by atoms with Crippen LogP contribution in [0.3, 0.4) is 0 Å². The van der Waals surface area contributed by atoms with Gasteiger partial charge in [0.2, 0.25) is 0 Å². The van der Waals surface area contributed by atoms with Crippen LogP contribution in [-0.4, -0.2) is 26.6 Å². The summed E-state index contributed by atoms with van der Waals surface area (Å²) < 4.78 is 48.2. The maximum atomic E-state index is 8.56. The molecule has 0 aromatic carbocycles. The van der Waals surface area contributed by atoms with Crippen molar-refractivity contribution in [3.63, 3.8) is 0 Å². The van der Waals surface area contributed by atoms with E-state index >= 15 is 0 Å². The maximum Gasteiger partial charge on any atom is 3.00 e. The van der Waals surface area contributed by atoms with Crippen LogP contribution in [0.2, 0.25) is 0 Å². The molecule has 0 heterocycles. The minimum absolute atomic E-state index is 0. The Morgan fingerprint density at radius 1 is 0.786 bits per heavy atom. The monoisotopic (exact) mass is 307 g/mol. The molecule has 0 aromatic rings. The van der Waals surface area contributed by atoms with Gasteiger partial charge in [0.05, 0.1) is 22.7 Å². The first-order chi connectivity index (χ1) is 3.46. The molecule has 0 fully saturated rings. The van der Waals surface area contributed by atoms with Crippen LogP contribution < -0.4 is 30.8 Å².